The molecule has 0 aliphatic heterocycles. The van der Waals surface area contributed by atoms with Crippen LogP contribution in [-0.4, -0.2) is 23.7 Å². The van der Waals surface area contributed by atoms with E-state index >= 15 is 0 Å². The predicted molar refractivity (Wildman–Crippen MR) is 44.2 cm³/mol. The molecule has 11 heavy (non-hydrogen) atoms. The molecule has 0 aromatic carbocycles. The van der Waals surface area contributed by atoms with E-state index in [1.54, 1.807) is 0 Å². The molecule has 66 valence electrons. The molecule has 0 aliphatic carbocycles. The molecule has 0 radical (unpaired) electrons. The third kappa shape index (κ3) is 5.85. The van der Waals surface area contributed by atoms with Gasteiger partial charge in [-0.15, -0.1) is 0 Å². The number of carbonyl (C=O) groups excluding carboxylic acids is 1. The zero-order valence-electron chi connectivity index (χ0n) is 7.26. The molecular weight excluding hydrogens is 142 g/mol. The Morgan fingerprint density at radius 1 is 1.55 bits per heavy atom. The maximum absolute atomic E-state index is 10.7. The third-order valence-corrected chi connectivity index (χ3v) is 1.46. The molecule has 0 saturated heterocycles. The molecule has 0 bridgehead atoms. The summed E-state index contributed by atoms with van der Waals surface area (Å²) in [4.78, 5) is 10.7. The largest absolute Gasteiger partial charge is 0.384 e. The Balaban J connectivity index is 3.18. The van der Waals surface area contributed by atoms with Crippen molar-refractivity contribution in [1.29, 1.82) is 0 Å². The van der Waals surface area contributed by atoms with Crippen LogP contribution in [-0.2, 0) is 4.79 Å². The Kier molecular flexibility index (Phi) is 5.84. The number of aliphatic hydroxyl groups is 1. The van der Waals surface area contributed by atoms with Crippen LogP contribution in [0.2, 0.25) is 0 Å². The number of hydrogen-bond donors (Lipinski definition) is 2. The predicted octanol–water partition coefficient (Wildman–Crippen LogP) is 0.674. The Morgan fingerprint density at radius 3 is 2.64 bits per heavy atom. The van der Waals surface area contributed by atoms with Crippen LogP contribution < -0.4 is 5.32 Å². The molecule has 1 atom stereocenters. The van der Waals surface area contributed by atoms with Gasteiger partial charge in [-0.25, -0.2) is 0 Å². The van der Waals surface area contributed by atoms with Gasteiger partial charge in [0.1, 0.15) is 6.10 Å². The fourth-order valence-electron chi connectivity index (χ4n) is 0.734. The van der Waals surface area contributed by atoms with Gasteiger partial charge < -0.3 is 10.4 Å². The summed E-state index contributed by atoms with van der Waals surface area (Å²) in [5, 5.41) is 11.4. The van der Waals surface area contributed by atoms with E-state index in [1.807, 2.05) is 0 Å². The fourth-order valence-corrected chi connectivity index (χ4v) is 0.734. The second kappa shape index (κ2) is 6.16. The van der Waals surface area contributed by atoms with Crippen molar-refractivity contribution in [3.8, 4) is 0 Å². The lowest BCUT2D eigenvalue weighted by Crippen LogP contribution is -2.33. The molecule has 0 saturated carbocycles. The molecule has 0 unspecified atom stereocenters. The quantitative estimate of drug-likeness (QED) is 0.579. The summed E-state index contributed by atoms with van der Waals surface area (Å²) in [6.45, 7) is 4.25. The molecule has 0 aliphatic rings. The number of amides is 1. The minimum Gasteiger partial charge on any atom is -0.384 e. The number of hydrogen-bond acceptors (Lipinski definition) is 2. The summed E-state index contributed by atoms with van der Waals surface area (Å²) in [5.41, 5.74) is 0. The van der Waals surface area contributed by atoms with Crippen LogP contribution in [0.15, 0.2) is 0 Å². The van der Waals surface area contributed by atoms with Gasteiger partial charge in [0.25, 0.3) is 0 Å². The second-order valence-corrected chi connectivity index (χ2v) is 2.67. The zero-order valence-corrected chi connectivity index (χ0v) is 7.26. The molecule has 0 spiro atoms. The summed E-state index contributed by atoms with van der Waals surface area (Å²) in [7, 11) is 0. The van der Waals surface area contributed by atoms with Crippen molar-refractivity contribution in [2.24, 2.45) is 0 Å². The summed E-state index contributed by atoms with van der Waals surface area (Å²) in [6, 6.07) is 0. The van der Waals surface area contributed by atoms with Crippen molar-refractivity contribution < 1.29 is 9.90 Å². The molecule has 0 aromatic rings. The minimum atomic E-state index is -0.878. The molecule has 0 rings (SSSR count). The van der Waals surface area contributed by atoms with Gasteiger partial charge >= 0.3 is 0 Å². The number of unbranched alkanes of at least 4 members (excludes halogenated alkanes) is 2. The van der Waals surface area contributed by atoms with Crippen molar-refractivity contribution in [2.45, 2.75) is 39.2 Å². The van der Waals surface area contributed by atoms with E-state index in [2.05, 4.69) is 12.2 Å². The van der Waals surface area contributed by atoms with Gasteiger partial charge in [-0.1, -0.05) is 19.8 Å². The van der Waals surface area contributed by atoms with Crippen LogP contribution in [0.3, 0.4) is 0 Å². The summed E-state index contributed by atoms with van der Waals surface area (Å²) in [5.74, 6) is -0.277. The van der Waals surface area contributed by atoms with Crippen LogP contribution in [0.25, 0.3) is 0 Å². The van der Waals surface area contributed by atoms with Crippen LogP contribution in [0.1, 0.15) is 33.1 Å². The van der Waals surface area contributed by atoms with Crippen molar-refractivity contribution in [3.63, 3.8) is 0 Å². The molecule has 3 heteroatoms. The third-order valence-electron chi connectivity index (χ3n) is 1.46. The first-order chi connectivity index (χ1) is 5.18. The zero-order chi connectivity index (χ0) is 8.69. The van der Waals surface area contributed by atoms with Crippen molar-refractivity contribution in [2.75, 3.05) is 6.54 Å². The van der Waals surface area contributed by atoms with Gasteiger partial charge in [0.05, 0.1) is 0 Å². The van der Waals surface area contributed by atoms with Crippen molar-refractivity contribution in [3.05, 3.63) is 0 Å². The monoisotopic (exact) mass is 159 g/mol. The van der Waals surface area contributed by atoms with Crippen LogP contribution in [0.5, 0.6) is 0 Å². The highest BCUT2D eigenvalue weighted by molar-refractivity contribution is 5.79. The molecule has 1 amide bonds. The van der Waals surface area contributed by atoms with E-state index in [9.17, 15) is 4.79 Å². The first-order valence-corrected chi connectivity index (χ1v) is 4.14. The summed E-state index contributed by atoms with van der Waals surface area (Å²) < 4.78 is 0. The van der Waals surface area contributed by atoms with Gasteiger partial charge in [0.15, 0.2) is 0 Å². The standard InChI is InChI=1S/C8H17NO2/c1-3-4-5-6-9-8(11)7(2)10/h7,10H,3-6H2,1-2H3,(H,9,11)/t7-/m0/s1. The maximum atomic E-state index is 10.7. The minimum absolute atomic E-state index is 0.277. The number of nitrogens with one attached hydrogen (secondary N) is 1. The molecule has 0 aromatic heterocycles. The van der Waals surface area contributed by atoms with Crippen LogP contribution in [0.4, 0.5) is 0 Å². The summed E-state index contributed by atoms with van der Waals surface area (Å²) in [6.07, 6.45) is 2.39. The Morgan fingerprint density at radius 2 is 2.18 bits per heavy atom. The average molecular weight is 159 g/mol. The highest BCUT2D eigenvalue weighted by atomic mass is 16.3. The lowest BCUT2D eigenvalue weighted by molar-refractivity contribution is -0.128. The lowest BCUT2D eigenvalue weighted by Gasteiger charge is -2.05. The smallest absolute Gasteiger partial charge is 0.248 e. The topological polar surface area (TPSA) is 49.3 Å². The van der Waals surface area contributed by atoms with Crippen LogP contribution in [0, 0.1) is 0 Å². The first kappa shape index (κ1) is 10.4. The number of rotatable bonds is 5. The first-order valence-electron chi connectivity index (χ1n) is 4.14. The van der Waals surface area contributed by atoms with Gasteiger partial charge in [0.2, 0.25) is 5.91 Å². The Hall–Kier alpha value is -0.570. The molecule has 0 heterocycles. The van der Waals surface area contributed by atoms with Gasteiger partial charge in [0, 0.05) is 6.54 Å². The van der Waals surface area contributed by atoms with Gasteiger partial charge in [-0.3, -0.25) is 4.79 Å². The Bertz CT molecular complexity index is 113. The lowest BCUT2D eigenvalue weighted by atomic mass is 10.2. The molecule has 2 N–H and O–H groups in total. The van der Waals surface area contributed by atoms with E-state index in [4.69, 9.17) is 5.11 Å². The average Bonchev–Trinajstić information content (AvgIpc) is 1.97. The van der Waals surface area contributed by atoms with E-state index in [0.717, 1.165) is 19.3 Å². The van der Waals surface area contributed by atoms with E-state index < -0.39 is 6.10 Å². The highest BCUT2D eigenvalue weighted by Crippen LogP contribution is 1.91. The molecule has 0 fully saturated rings. The number of aliphatic hydroxyl groups excluding tert-OH is 1. The van der Waals surface area contributed by atoms with Crippen molar-refractivity contribution in [1.82, 2.24) is 5.32 Å². The van der Waals surface area contributed by atoms with Gasteiger partial charge in [-0.05, 0) is 13.3 Å². The maximum Gasteiger partial charge on any atom is 0.248 e. The van der Waals surface area contributed by atoms with Gasteiger partial charge in [-0.2, -0.15) is 0 Å². The fraction of sp³-hybridized carbons (Fsp3) is 0.875. The van der Waals surface area contributed by atoms with E-state index in [0.29, 0.717) is 6.54 Å². The van der Waals surface area contributed by atoms with E-state index in [-0.39, 0.29) is 5.91 Å². The van der Waals surface area contributed by atoms with Crippen molar-refractivity contribution >= 4 is 5.91 Å². The number of carbonyl (C=O) groups is 1. The van der Waals surface area contributed by atoms with Crippen LogP contribution >= 0.6 is 0 Å². The molecule has 3 nitrogen and oxygen atoms in total. The normalized spacial score (nSPS) is 12.6. The SMILES string of the molecule is CCCCCNC(=O)[C@H](C)O. The summed E-state index contributed by atoms with van der Waals surface area (Å²) >= 11 is 0. The van der Waals surface area contributed by atoms with E-state index in [1.165, 1.54) is 6.92 Å². The Labute approximate surface area is 67.8 Å². The molecular formula is C8H17NO2. The second-order valence-electron chi connectivity index (χ2n) is 2.67. The highest BCUT2D eigenvalue weighted by Gasteiger charge is 2.05.